The van der Waals surface area contributed by atoms with Crippen molar-refractivity contribution < 1.29 is 19.1 Å². The number of hydrogen-bond donors (Lipinski definition) is 0. The smallest absolute Gasteiger partial charge is 0.309 e. The van der Waals surface area contributed by atoms with Gasteiger partial charge in [-0.05, 0) is 48.9 Å². The number of likely N-dealkylation sites (tertiary alicyclic amines) is 1. The molecule has 2 amide bonds. The van der Waals surface area contributed by atoms with Gasteiger partial charge in [0.1, 0.15) is 0 Å². The van der Waals surface area contributed by atoms with Crippen LogP contribution < -0.4 is 0 Å². The van der Waals surface area contributed by atoms with E-state index in [4.69, 9.17) is 4.74 Å². The minimum atomic E-state index is -0.440. The molecule has 1 saturated heterocycles. The Morgan fingerprint density at radius 1 is 0.969 bits per heavy atom. The SMILES string of the molecule is CCOC(=O)C1CCN(C(=O)[C@@H]2c3ccccc3C(=O)N3CCc4ccccc4[C@H]23)CC1. The summed E-state index contributed by atoms with van der Waals surface area (Å²) in [6.45, 7) is 3.87. The van der Waals surface area contributed by atoms with E-state index in [-0.39, 0.29) is 29.7 Å². The van der Waals surface area contributed by atoms with Crippen LogP contribution in [0.2, 0.25) is 0 Å². The summed E-state index contributed by atoms with van der Waals surface area (Å²) in [5.41, 5.74) is 3.72. The van der Waals surface area contributed by atoms with Gasteiger partial charge in [-0.3, -0.25) is 14.4 Å². The van der Waals surface area contributed by atoms with Crippen LogP contribution in [0.15, 0.2) is 48.5 Å². The number of rotatable bonds is 3. The van der Waals surface area contributed by atoms with Gasteiger partial charge in [-0.25, -0.2) is 0 Å². The van der Waals surface area contributed by atoms with Crippen molar-refractivity contribution in [2.45, 2.75) is 38.1 Å². The van der Waals surface area contributed by atoms with Gasteiger partial charge < -0.3 is 14.5 Å². The molecule has 0 bridgehead atoms. The van der Waals surface area contributed by atoms with Crippen LogP contribution in [0.3, 0.4) is 0 Å². The third-order valence-corrected chi connectivity index (χ3v) is 7.13. The van der Waals surface area contributed by atoms with Crippen LogP contribution in [-0.4, -0.2) is 53.8 Å². The average Bonchev–Trinajstić information content (AvgIpc) is 2.84. The van der Waals surface area contributed by atoms with Crippen LogP contribution >= 0.6 is 0 Å². The Kier molecular flexibility index (Phi) is 5.45. The molecule has 0 spiro atoms. The number of hydrogen-bond acceptors (Lipinski definition) is 4. The van der Waals surface area contributed by atoms with Crippen molar-refractivity contribution in [3.05, 3.63) is 70.8 Å². The second kappa shape index (κ2) is 8.41. The lowest BCUT2D eigenvalue weighted by Gasteiger charge is -2.46. The highest BCUT2D eigenvalue weighted by Crippen LogP contribution is 2.46. The maximum absolute atomic E-state index is 14.0. The topological polar surface area (TPSA) is 66.9 Å². The summed E-state index contributed by atoms with van der Waals surface area (Å²) in [7, 11) is 0. The van der Waals surface area contributed by atoms with Crippen LogP contribution in [-0.2, 0) is 20.7 Å². The van der Waals surface area contributed by atoms with Gasteiger partial charge in [-0.1, -0.05) is 42.5 Å². The van der Waals surface area contributed by atoms with Gasteiger partial charge in [0.15, 0.2) is 0 Å². The van der Waals surface area contributed by atoms with Gasteiger partial charge in [-0.2, -0.15) is 0 Å². The molecule has 0 aromatic heterocycles. The Morgan fingerprint density at radius 3 is 2.41 bits per heavy atom. The number of fused-ring (bicyclic) bond motifs is 4. The van der Waals surface area contributed by atoms with Gasteiger partial charge in [0.2, 0.25) is 5.91 Å². The van der Waals surface area contributed by atoms with Crippen molar-refractivity contribution in [2.24, 2.45) is 5.92 Å². The average molecular weight is 433 g/mol. The molecule has 2 aromatic rings. The first-order valence-electron chi connectivity index (χ1n) is 11.5. The summed E-state index contributed by atoms with van der Waals surface area (Å²) >= 11 is 0. The van der Waals surface area contributed by atoms with E-state index in [2.05, 4.69) is 12.1 Å². The lowest BCUT2D eigenvalue weighted by molar-refractivity contribution is -0.151. The zero-order chi connectivity index (χ0) is 22.2. The van der Waals surface area contributed by atoms with Gasteiger partial charge in [0, 0.05) is 25.2 Å². The number of piperidine rings is 1. The van der Waals surface area contributed by atoms with E-state index in [1.54, 1.807) is 0 Å². The van der Waals surface area contributed by atoms with E-state index in [0.717, 1.165) is 17.5 Å². The molecule has 0 saturated carbocycles. The molecule has 6 heteroatoms. The minimum absolute atomic E-state index is 0.00479. The predicted molar refractivity (Wildman–Crippen MR) is 119 cm³/mol. The molecule has 6 nitrogen and oxygen atoms in total. The lowest BCUT2D eigenvalue weighted by Crippen LogP contribution is -2.52. The Bertz CT molecular complexity index is 1060. The Hall–Kier alpha value is -3.15. The first kappa shape index (κ1) is 20.7. The van der Waals surface area contributed by atoms with E-state index >= 15 is 0 Å². The molecule has 1 fully saturated rings. The normalized spacial score (nSPS) is 22.6. The highest BCUT2D eigenvalue weighted by atomic mass is 16.5. The van der Waals surface area contributed by atoms with Gasteiger partial charge >= 0.3 is 5.97 Å². The van der Waals surface area contributed by atoms with Crippen LogP contribution in [0.1, 0.15) is 58.8 Å². The minimum Gasteiger partial charge on any atom is -0.466 e. The fourth-order valence-electron chi connectivity index (χ4n) is 5.53. The van der Waals surface area contributed by atoms with E-state index in [0.29, 0.717) is 44.6 Å². The molecule has 32 heavy (non-hydrogen) atoms. The fourth-order valence-corrected chi connectivity index (χ4v) is 5.53. The summed E-state index contributed by atoms with van der Waals surface area (Å²) in [6.07, 6.45) is 2.03. The molecule has 3 aliphatic heterocycles. The standard InChI is InChI=1S/C26H28N2O4/c1-2-32-26(31)18-11-14-27(15-12-18)25(30)22-20-9-5-6-10-21(20)24(29)28-16-13-17-7-3-4-8-19(17)23(22)28/h3-10,18,22-23H,2,11-16H2,1H3/t22-,23-/m1/s1. The molecule has 3 aliphatic rings. The molecule has 2 atom stereocenters. The number of carbonyl (C=O) groups excluding carboxylic acids is 3. The fraction of sp³-hybridized carbons (Fsp3) is 0.423. The Labute approximate surface area is 188 Å². The predicted octanol–water partition coefficient (Wildman–Crippen LogP) is 3.33. The Balaban J connectivity index is 1.49. The first-order chi connectivity index (χ1) is 15.6. The van der Waals surface area contributed by atoms with Crippen LogP contribution in [0.4, 0.5) is 0 Å². The van der Waals surface area contributed by atoms with E-state index in [1.807, 2.05) is 53.1 Å². The van der Waals surface area contributed by atoms with Crippen molar-refractivity contribution in [1.82, 2.24) is 9.80 Å². The molecule has 166 valence electrons. The molecule has 2 aromatic carbocycles. The zero-order valence-corrected chi connectivity index (χ0v) is 18.3. The molecule has 3 heterocycles. The number of ether oxygens (including phenoxy) is 1. The maximum atomic E-state index is 14.0. The second-order valence-corrected chi connectivity index (χ2v) is 8.81. The maximum Gasteiger partial charge on any atom is 0.309 e. The van der Waals surface area contributed by atoms with Crippen molar-refractivity contribution in [3.8, 4) is 0 Å². The highest BCUT2D eigenvalue weighted by Gasteiger charge is 2.47. The Morgan fingerprint density at radius 2 is 1.66 bits per heavy atom. The quantitative estimate of drug-likeness (QED) is 0.698. The molecule has 5 rings (SSSR count). The van der Waals surface area contributed by atoms with E-state index < -0.39 is 5.92 Å². The van der Waals surface area contributed by atoms with Crippen molar-refractivity contribution in [2.75, 3.05) is 26.2 Å². The van der Waals surface area contributed by atoms with E-state index in [1.165, 1.54) is 5.56 Å². The first-order valence-corrected chi connectivity index (χ1v) is 11.5. The van der Waals surface area contributed by atoms with Crippen molar-refractivity contribution in [1.29, 1.82) is 0 Å². The molecular weight excluding hydrogens is 404 g/mol. The van der Waals surface area contributed by atoms with Gasteiger partial charge in [-0.15, -0.1) is 0 Å². The van der Waals surface area contributed by atoms with Crippen LogP contribution in [0, 0.1) is 5.92 Å². The highest BCUT2D eigenvalue weighted by molar-refractivity contribution is 6.01. The number of carbonyl (C=O) groups is 3. The number of nitrogens with zero attached hydrogens (tertiary/aromatic N) is 2. The van der Waals surface area contributed by atoms with Crippen LogP contribution in [0.5, 0.6) is 0 Å². The monoisotopic (exact) mass is 432 g/mol. The summed E-state index contributed by atoms with van der Waals surface area (Å²) < 4.78 is 5.17. The van der Waals surface area contributed by atoms with Crippen LogP contribution in [0.25, 0.3) is 0 Å². The third kappa shape index (κ3) is 3.38. The third-order valence-electron chi connectivity index (χ3n) is 7.13. The zero-order valence-electron chi connectivity index (χ0n) is 18.3. The van der Waals surface area contributed by atoms with Gasteiger partial charge in [0.25, 0.3) is 5.91 Å². The number of amides is 2. The summed E-state index contributed by atoms with van der Waals surface area (Å²) in [4.78, 5) is 43.2. The summed E-state index contributed by atoms with van der Waals surface area (Å²) in [5, 5.41) is 0. The second-order valence-electron chi connectivity index (χ2n) is 8.81. The summed E-state index contributed by atoms with van der Waals surface area (Å²) in [6, 6.07) is 15.4. The number of benzene rings is 2. The molecule has 0 N–H and O–H groups in total. The largest absolute Gasteiger partial charge is 0.466 e. The lowest BCUT2D eigenvalue weighted by atomic mass is 9.75. The van der Waals surface area contributed by atoms with E-state index in [9.17, 15) is 14.4 Å². The van der Waals surface area contributed by atoms with Gasteiger partial charge in [0.05, 0.1) is 24.5 Å². The summed E-state index contributed by atoms with van der Waals surface area (Å²) in [5.74, 6) is -0.708. The molecule has 0 unspecified atom stereocenters. The molecule has 0 aliphatic carbocycles. The molecular formula is C26H28N2O4. The van der Waals surface area contributed by atoms with Crippen molar-refractivity contribution in [3.63, 3.8) is 0 Å². The van der Waals surface area contributed by atoms with Crippen molar-refractivity contribution >= 4 is 17.8 Å². The number of esters is 1. The molecule has 0 radical (unpaired) electrons.